The molecule has 0 bridgehead atoms. The second kappa shape index (κ2) is 12.5. The molecule has 0 saturated carbocycles. The Morgan fingerprint density at radius 2 is 1.00 bits per heavy atom. The fourth-order valence-electron chi connectivity index (χ4n) is 3.80. The van der Waals surface area contributed by atoms with E-state index in [0.29, 0.717) is 28.4 Å². The summed E-state index contributed by atoms with van der Waals surface area (Å²) >= 11 is 0. The number of benzene rings is 3. The van der Waals surface area contributed by atoms with Crippen LogP contribution in [0.5, 0.6) is 40.2 Å². The number of nitrogens with one attached hydrogen (secondary N) is 1. The van der Waals surface area contributed by atoms with Gasteiger partial charge < -0.3 is 33.2 Å². The van der Waals surface area contributed by atoms with E-state index in [-0.39, 0.29) is 33.6 Å². The van der Waals surface area contributed by atoms with E-state index in [4.69, 9.17) is 33.2 Å². The van der Waals surface area contributed by atoms with Gasteiger partial charge in [0.2, 0.25) is 11.5 Å². The van der Waals surface area contributed by atoms with Crippen LogP contribution >= 0.6 is 0 Å². The monoisotopic (exact) mass is 563 g/mol. The van der Waals surface area contributed by atoms with E-state index in [2.05, 4.69) is 4.72 Å². The highest BCUT2D eigenvalue weighted by molar-refractivity contribution is 7.92. The van der Waals surface area contributed by atoms with Crippen LogP contribution < -0.4 is 37.9 Å². The lowest BCUT2D eigenvalue weighted by Crippen LogP contribution is -2.15. The molecule has 0 spiro atoms. The van der Waals surface area contributed by atoms with Crippen molar-refractivity contribution in [3.8, 4) is 40.2 Å². The number of methoxy groups -OCH3 is 7. The molecule has 0 atom stereocenters. The first kappa shape index (κ1) is 29.2. The maximum atomic E-state index is 15.0. The molecule has 12 heteroatoms. The molecule has 0 aromatic heterocycles. The standard InChI is InChI=1S/C27H30FNO9S/c1-32-21-12-17(13-22(33-2)26(21)37-6)9-8-16-10-19(28)25(36-5)20(11-16)29-39(30,31)18-14-23(34-3)27(38-7)24(15-18)35-4/h8-15,29H,1-7H3. The summed E-state index contributed by atoms with van der Waals surface area (Å²) in [5.41, 5.74) is 0.903. The van der Waals surface area contributed by atoms with Crippen molar-refractivity contribution in [3.63, 3.8) is 0 Å². The number of halogens is 1. The Hall–Kier alpha value is -4.32. The van der Waals surface area contributed by atoms with Crippen LogP contribution in [0.1, 0.15) is 11.1 Å². The van der Waals surface area contributed by atoms with Crippen LogP contribution in [0.4, 0.5) is 10.1 Å². The van der Waals surface area contributed by atoms with Crippen LogP contribution in [0.25, 0.3) is 12.2 Å². The molecule has 3 aromatic carbocycles. The predicted octanol–water partition coefficient (Wildman–Crippen LogP) is 4.86. The van der Waals surface area contributed by atoms with E-state index in [1.807, 2.05) is 0 Å². The van der Waals surface area contributed by atoms with Gasteiger partial charge in [-0.25, -0.2) is 12.8 Å². The maximum absolute atomic E-state index is 15.0. The third-order valence-corrected chi connectivity index (χ3v) is 6.96. The smallest absolute Gasteiger partial charge is 0.262 e. The Balaban J connectivity index is 2.04. The molecule has 210 valence electrons. The van der Waals surface area contributed by atoms with Crippen molar-refractivity contribution in [1.29, 1.82) is 0 Å². The molecule has 3 aromatic rings. The Labute approximate surface area is 226 Å². The Kier molecular flexibility index (Phi) is 9.36. The molecule has 0 unspecified atom stereocenters. The van der Waals surface area contributed by atoms with Gasteiger partial charge >= 0.3 is 0 Å². The molecule has 0 saturated heterocycles. The van der Waals surface area contributed by atoms with Crippen LogP contribution in [0, 0.1) is 5.82 Å². The first-order valence-electron chi connectivity index (χ1n) is 11.3. The zero-order valence-corrected chi connectivity index (χ0v) is 23.4. The largest absolute Gasteiger partial charge is 0.493 e. The zero-order chi connectivity index (χ0) is 28.7. The van der Waals surface area contributed by atoms with Crippen molar-refractivity contribution >= 4 is 27.9 Å². The molecular formula is C27H30FNO9S. The lowest BCUT2D eigenvalue weighted by Gasteiger charge is -2.16. The molecule has 10 nitrogen and oxygen atoms in total. The third kappa shape index (κ3) is 6.23. The van der Waals surface area contributed by atoms with Gasteiger partial charge in [-0.15, -0.1) is 0 Å². The molecule has 0 aliphatic carbocycles. The van der Waals surface area contributed by atoms with Gasteiger partial charge in [0.05, 0.1) is 60.4 Å². The van der Waals surface area contributed by atoms with E-state index in [1.54, 1.807) is 24.3 Å². The SMILES string of the molecule is COc1cc(C=Cc2cc(F)c(OC)c(NS(=O)(=O)c3cc(OC)c(OC)c(OC)c3)c2)cc(OC)c1OC. The summed E-state index contributed by atoms with van der Waals surface area (Å²) < 4.78 is 81.0. The quantitative estimate of drug-likeness (QED) is 0.309. The number of rotatable bonds is 12. The summed E-state index contributed by atoms with van der Waals surface area (Å²) in [7, 11) is 5.61. The number of hydrogen-bond donors (Lipinski definition) is 1. The van der Waals surface area contributed by atoms with Gasteiger partial charge in [-0.2, -0.15) is 0 Å². The summed E-state index contributed by atoms with van der Waals surface area (Å²) in [6, 6.07) is 8.61. The van der Waals surface area contributed by atoms with Gasteiger partial charge in [-0.05, 0) is 35.4 Å². The van der Waals surface area contributed by atoms with Gasteiger partial charge in [0.1, 0.15) is 0 Å². The fraction of sp³-hybridized carbons (Fsp3) is 0.259. The highest BCUT2D eigenvalue weighted by atomic mass is 32.2. The average molecular weight is 564 g/mol. The van der Waals surface area contributed by atoms with Gasteiger partial charge in [0.25, 0.3) is 10.0 Å². The first-order chi connectivity index (χ1) is 18.7. The van der Waals surface area contributed by atoms with E-state index in [0.717, 1.165) is 0 Å². The Morgan fingerprint density at radius 3 is 1.41 bits per heavy atom. The second-order valence-corrected chi connectivity index (χ2v) is 9.52. The molecule has 39 heavy (non-hydrogen) atoms. The van der Waals surface area contributed by atoms with Crippen molar-refractivity contribution in [2.45, 2.75) is 4.90 Å². The van der Waals surface area contributed by atoms with E-state index in [1.165, 1.54) is 74.0 Å². The molecular weight excluding hydrogens is 533 g/mol. The average Bonchev–Trinajstić information content (AvgIpc) is 2.94. The van der Waals surface area contributed by atoms with Gasteiger partial charge in [-0.1, -0.05) is 12.2 Å². The minimum Gasteiger partial charge on any atom is -0.493 e. The Morgan fingerprint density at radius 1 is 0.590 bits per heavy atom. The van der Waals surface area contributed by atoms with E-state index < -0.39 is 15.8 Å². The number of ether oxygens (including phenoxy) is 7. The van der Waals surface area contributed by atoms with E-state index >= 15 is 0 Å². The van der Waals surface area contributed by atoms with Gasteiger partial charge in [0, 0.05) is 12.1 Å². The molecule has 0 radical (unpaired) electrons. The second-order valence-electron chi connectivity index (χ2n) is 7.84. The molecule has 3 rings (SSSR count). The molecule has 0 heterocycles. The van der Waals surface area contributed by atoms with Crippen molar-refractivity contribution in [1.82, 2.24) is 0 Å². The maximum Gasteiger partial charge on any atom is 0.262 e. The van der Waals surface area contributed by atoms with Gasteiger partial charge in [-0.3, -0.25) is 4.72 Å². The number of hydrogen-bond acceptors (Lipinski definition) is 9. The summed E-state index contributed by atoms with van der Waals surface area (Å²) in [5, 5.41) is 0. The number of anilines is 1. The van der Waals surface area contributed by atoms with E-state index in [9.17, 15) is 12.8 Å². The highest BCUT2D eigenvalue weighted by Crippen LogP contribution is 2.41. The zero-order valence-electron chi connectivity index (χ0n) is 22.6. The van der Waals surface area contributed by atoms with Crippen molar-refractivity contribution in [2.24, 2.45) is 0 Å². The molecule has 0 amide bonds. The minimum atomic E-state index is -4.25. The highest BCUT2D eigenvalue weighted by Gasteiger charge is 2.24. The van der Waals surface area contributed by atoms with Crippen molar-refractivity contribution in [3.05, 3.63) is 53.3 Å². The summed E-state index contributed by atoms with van der Waals surface area (Å²) in [6.07, 6.45) is 3.28. The van der Waals surface area contributed by atoms with Gasteiger partial charge in [0.15, 0.2) is 34.6 Å². The lowest BCUT2D eigenvalue weighted by molar-refractivity contribution is 0.323. The molecule has 1 N–H and O–H groups in total. The minimum absolute atomic E-state index is 0.115. The normalized spacial score (nSPS) is 11.2. The Bertz CT molecular complexity index is 1420. The lowest BCUT2D eigenvalue weighted by atomic mass is 10.1. The first-order valence-corrected chi connectivity index (χ1v) is 12.8. The van der Waals surface area contributed by atoms with Crippen LogP contribution in [0.2, 0.25) is 0 Å². The van der Waals surface area contributed by atoms with Crippen molar-refractivity contribution < 1.29 is 46.0 Å². The van der Waals surface area contributed by atoms with Crippen LogP contribution in [-0.2, 0) is 10.0 Å². The topological polar surface area (TPSA) is 111 Å². The predicted molar refractivity (Wildman–Crippen MR) is 145 cm³/mol. The summed E-state index contributed by atoms with van der Waals surface area (Å²) in [4.78, 5) is -0.196. The molecule has 0 fully saturated rings. The number of sulfonamides is 1. The van der Waals surface area contributed by atoms with Crippen LogP contribution in [0.15, 0.2) is 41.3 Å². The molecule has 0 aliphatic rings. The fourth-order valence-corrected chi connectivity index (χ4v) is 4.88. The third-order valence-electron chi connectivity index (χ3n) is 5.62. The molecule has 0 aliphatic heterocycles. The van der Waals surface area contributed by atoms with Crippen LogP contribution in [0.3, 0.4) is 0 Å². The van der Waals surface area contributed by atoms with Crippen molar-refractivity contribution in [2.75, 3.05) is 54.5 Å². The summed E-state index contributed by atoms with van der Waals surface area (Å²) in [5.74, 6) is 0.753. The summed E-state index contributed by atoms with van der Waals surface area (Å²) in [6.45, 7) is 0. The van der Waals surface area contributed by atoms with Crippen LogP contribution in [-0.4, -0.2) is 58.2 Å².